The Kier molecular flexibility index (Phi) is 7.65. The number of amides is 1. The minimum Gasteiger partial charge on any atom is -0.496 e. The SMILES string of the molecule is COc1cc(-c2cnc(Nc3cccc(OCCN(C)C)n3)s2)cc2c1C(=O)N(CC(F)(F)F)CC2. The Morgan fingerprint density at radius 2 is 2.06 bits per heavy atom. The van der Waals surface area contributed by atoms with Crippen LogP contribution in [0.15, 0.2) is 36.5 Å². The highest BCUT2D eigenvalue weighted by atomic mass is 32.1. The molecule has 1 amide bonds. The van der Waals surface area contributed by atoms with E-state index in [0.717, 1.165) is 21.9 Å². The minimum absolute atomic E-state index is 0.00787. The zero-order valence-corrected chi connectivity index (χ0v) is 20.9. The molecule has 0 fully saturated rings. The molecule has 0 unspecified atom stereocenters. The van der Waals surface area contributed by atoms with Gasteiger partial charge in [-0.2, -0.15) is 18.2 Å². The number of carbonyl (C=O) groups is 1. The molecule has 3 aromatic rings. The van der Waals surface area contributed by atoms with Gasteiger partial charge in [0.2, 0.25) is 5.88 Å². The van der Waals surface area contributed by atoms with E-state index >= 15 is 0 Å². The van der Waals surface area contributed by atoms with Crippen LogP contribution in [0.1, 0.15) is 15.9 Å². The van der Waals surface area contributed by atoms with Crippen molar-refractivity contribution in [3.63, 3.8) is 0 Å². The number of ether oxygens (including phenoxy) is 2. The topological polar surface area (TPSA) is 79.8 Å². The smallest absolute Gasteiger partial charge is 0.406 e. The van der Waals surface area contributed by atoms with Crippen LogP contribution in [-0.2, 0) is 6.42 Å². The number of methoxy groups -OCH3 is 1. The number of likely N-dealkylation sites (N-methyl/N-ethyl adjacent to an activating group) is 1. The average Bonchev–Trinajstić information content (AvgIpc) is 3.28. The minimum atomic E-state index is -4.46. The monoisotopic (exact) mass is 521 g/mol. The van der Waals surface area contributed by atoms with E-state index in [1.807, 2.05) is 31.1 Å². The summed E-state index contributed by atoms with van der Waals surface area (Å²) in [6.07, 6.45) is -2.47. The highest BCUT2D eigenvalue weighted by Crippen LogP contribution is 2.38. The second kappa shape index (κ2) is 10.7. The predicted molar refractivity (Wildman–Crippen MR) is 131 cm³/mol. The maximum absolute atomic E-state index is 12.9. The van der Waals surface area contributed by atoms with Crippen molar-refractivity contribution in [2.24, 2.45) is 0 Å². The first-order valence-corrected chi connectivity index (χ1v) is 12.0. The van der Waals surface area contributed by atoms with Crippen molar-refractivity contribution >= 4 is 28.2 Å². The molecule has 0 saturated carbocycles. The summed E-state index contributed by atoms with van der Waals surface area (Å²) in [5.74, 6) is 0.646. The maximum atomic E-state index is 12.9. The van der Waals surface area contributed by atoms with Crippen LogP contribution in [0.2, 0.25) is 0 Å². The summed E-state index contributed by atoms with van der Waals surface area (Å²) in [5, 5.41) is 3.77. The molecule has 0 radical (unpaired) electrons. The Hall–Kier alpha value is -3.38. The molecule has 0 bridgehead atoms. The Labute approximate surface area is 210 Å². The van der Waals surface area contributed by atoms with Gasteiger partial charge in [-0.3, -0.25) is 4.79 Å². The molecule has 12 heteroatoms. The Balaban J connectivity index is 1.51. The number of hydrogen-bond donors (Lipinski definition) is 1. The maximum Gasteiger partial charge on any atom is 0.406 e. The summed E-state index contributed by atoms with van der Waals surface area (Å²) in [5.41, 5.74) is 1.59. The first kappa shape index (κ1) is 25.7. The highest BCUT2D eigenvalue weighted by molar-refractivity contribution is 7.18. The van der Waals surface area contributed by atoms with Crippen LogP contribution in [0.3, 0.4) is 0 Å². The second-order valence-corrected chi connectivity index (χ2v) is 9.50. The number of pyridine rings is 1. The van der Waals surface area contributed by atoms with Gasteiger partial charge >= 0.3 is 6.18 Å². The van der Waals surface area contributed by atoms with Crippen LogP contribution >= 0.6 is 11.3 Å². The molecular formula is C24H26F3N5O3S. The number of aromatic nitrogens is 2. The largest absolute Gasteiger partial charge is 0.496 e. The third-order valence-corrected chi connectivity index (χ3v) is 6.43. The molecule has 1 aliphatic heterocycles. The molecule has 0 atom stereocenters. The molecule has 0 spiro atoms. The molecule has 1 aromatic carbocycles. The molecule has 3 heterocycles. The molecule has 4 rings (SSSR count). The van der Waals surface area contributed by atoms with Crippen LogP contribution in [0.25, 0.3) is 10.4 Å². The molecule has 2 aromatic heterocycles. The van der Waals surface area contributed by atoms with Gasteiger partial charge in [0.15, 0.2) is 5.13 Å². The Morgan fingerprint density at radius 1 is 1.25 bits per heavy atom. The van der Waals surface area contributed by atoms with Gasteiger partial charge in [0.1, 0.15) is 24.7 Å². The quantitative estimate of drug-likeness (QED) is 0.446. The first-order valence-electron chi connectivity index (χ1n) is 11.2. The highest BCUT2D eigenvalue weighted by Gasteiger charge is 2.37. The van der Waals surface area contributed by atoms with Crippen molar-refractivity contribution in [3.05, 3.63) is 47.7 Å². The lowest BCUT2D eigenvalue weighted by Gasteiger charge is -2.30. The van der Waals surface area contributed by atoms with E-state index in [1.54, 1.807) is 24.4 Å². The number of hydrogen-bond acceptors (Lipinski definition) is 8. The van der Waals surface area contributed by atoms with Crippen molar-refractivity contribution in [3.8, 4) is 22.1 Å². The fraction of sp³-hybridized carbons (Fsp3) is 0.375. The van der Waals surface area contributed by atoms with Crippen molar-refractivity contribution in [1.29, 1.82) is 0 Å². The first-order chi connectivity index (χ1) is 17.1. The molecule has 8 nitrogen and oxygen atoms in total. The van der Waals surface area contributed by atoms with Gasteiger partial charge in [-0.05, 0) is 49.8 Å². The lowest BCUT2D eigenvalue weighted by atomic mass is 9.95. The second-order valence-electron chi connectivity index (χ2n) is 8.47. The van der Waals surface area contributed by atoms with Crippen molar-refractivity contribution < 1.29 is 27.4 Å². The van der Waals surface area contributed by atoms with Crippen LogP contribution < -0.4 is 14.8 Å². The van der Waals surface area contributed by atoms with Gasteiger partial charge in [-0.1, -0.05) is 17.4 Å². The Bertz CT molecular complexity index is 1210. The summed E-state index contributed by atoms with van der Waals surface area (Å²) in [4.78, 5) is 25.3. The zero-order chi connectivity index (χ0) is 25.9. The lowest BCUT2D eigenvalue weighted by Crippen LogP contribution is -2.43. The number of halogens is 3. The lowest BCUT2D eigenvalue weighted by molar-refractivity contribution is -0.141. The van der Waals surface area contributed by atoms with Crippen molar-refractivity contribution in [1.82, 2.24) is 19.8 Å². The number of anilines is 2. The number of carbonyl (C=O) groups excluding carboxylic acids is 1. The third-order valence-electron chi connectivity index (χ3n) is 5.46. The van der Waals surface area contributed by atoms with Crippen LogP contribution in [0.5, 0.6) is 11.6 Å². The molecule has 192 valence electrons. The number of fused-ring (bicyclic) bond motifs is 1. The number of rotatable bonds is 9. The van der Waals surface area contributed by atoms with Gasteiger partial charge in [-0.15, -0.1) is 0 Å². The normalized spacial score (nSPS) is 13.6. The number of nitrogens with zero attached hydrogens (tertiary/aromatic N) is 4. The Morgan fingerprint density at radius 3 is 2.78 bits per heavy atom. The van der Waals surface area contributed by atoms with Gasteiger partial charge in [-0.25, -0.2) is 4.98 Å². The van der Waals surface area contributed by atoms with Crippen molar-refractivity contribution in [2.75, 3.05) is 52.8 Å². The van der Waals surface area contributed by atoms with E-state index < -0.39 is 18.6 Å². The molecular weight excluding hydrogens is 495 g/mol. The molecule has 0 aliphatic carbocycles. The molecule has 36 heavy (non-hydrogen) atoms. The van der Waals surface area contributed by atoms with Gasteiger partial charge < -0.3 is 24.6 Å². The number of benzene rings is 1. The predicted octanol–water partition coefficient (Wildman–Crippen LogP) is 4.46. The summed E-state index contributed by atoms with van der Waals surface area (Å²) in [7, 11) is 5.33. The van der Waals surface area contributed by atoms with Gasteiger partial charge in [0.25, 0.3) is 5.91 Å². The summed E-state index contributed by atoms with van der Waals surface area (Å²) >= 11 is 1.38. The third kappa shape index (κ3) is 6.24. The summed E-state index contributed by atoms with van der Waals surface area (Å²) in [6.45, 7) is -0.00505. The van der Waals surface area contributed by atoms with Crippen LogP contribution in [0.4, 0.5) is 24.1 Å². The summed E-state index contributed by atoms with van der Waals surface area (Å²) in [6, 6.07) is 8.89. The number of nitrogens with one attached hydrogen (secondary N) is 1. The standard InChI is InChI=1S/C24H26F3N5O3S/c1-31(2)9-10-35-20-6-4-5-19(29-20)30-23-28-13-18(36-23)16-11-15-7-8-32(14-24(25,26)27)22(33)21(15)17(12-16)34-3/h4-6,11-13H,7-10,14H2,1-3H3,(H,28,29,30). The van der Waals surface area contributed by atoms with E-state index in [9.17, 15) is 18.0 Å². The number of alkyl halides is 3. The van der Waals surface area contributed by atoms with Crippen molar-refractivity contribution in [2.45, 2.75) is 12.6 Å². The van der Waals surface area contributed by atoms with Crippen LogP contribution in [-0.4, -0.2) is 79.3 Å². The van der Waals surface area contributed by atoms with E-state index in [-0.39, 0.29) is 17.9 Å². The van der Waals surface area contributed by atoms with Gasteiger partial charge in [0.05, 0.1) is 17.6 Å². The molecule has 1 N–H and O–H groups in total. The van der Waals surface area contributed by atoms with E-state index in [1.165, 1.54) is 18.4 Å². The van der Waals surface area contributed by atoms with Gasteiger partial charge in [0, 0.05) is 25.4 Å². The average molecular weight is 522 g/mol. The molecule has 0 saturated heterocycles. The van der Waals surface area contributed by atoms with E-state index in [4.69, 9.17) is 9.47 Å². The summed E-state index contributed by atoms with van der Waals surface area (Å²) < 4.78 is 49.7. The van der Waals surface area contributed by atoms with Crippen LogP contribution in [0, 0.1) is 0 Å². The number of thiazole rings is 1. The van der Waals surface area contributed by atoms with E-state index in [2.05, 4.69) is 15.3 Å². The fourth-order valence-electron chi connectivity index (χ4n) is 3.77. The fourth-order valence-corrected chi connectivity index (χ4v) is 4.58. The molecule has 1 aliphatic rings. The van der Waals surface area contributed by atoms with E-state index in [0.29, 0.717) is 35.4 Å². The zero-order valence-electron chi connectivity index (χ0n) is 20.1.